The Kier molecular flexibility index (Phi) is 2.63. The van der Waals surface area contributed by atoms with Crippen LogP contribution in [-0.4, -0.2) is 11.5 Å². The van der Waals surface area contributed by atoms with Crippen LogP contribution in [0.1, 0.15) is 5.56 Å². The lowest BCUT2D eigenvalue weighted by Crippen LogP contribution is -1.95. The molecule has 0 spiro atoms. The highest BCUT2D eigenvalue weighted by Crippen LogP contribution is 2.13. The predicted molar refractivity (Wildman–Crippen MR) is 41.6 cm³/mol. The Balaban J connectivity index is 2.92. The maximum absolute atomic E-state index is 10.1. The van der Waals surface area contributed by atoms with E-state index in [0.29, 0.717) is 12.1 Å². The summed E-state index contributed by atoms with van der Waals surface area (Å²) < 4.78 is 0. The van der Waals surface area contributed by atoms with Crippen LogP contribution in [0.3, 0.4) is 0 Å². The molecule has 0 amide bonds. The number of benzene rings is 1. The lowest BCUT2D eigenvalue weighted by molar-refractivity contribution is -0.107. The number of hydrogen-bond acceptors (Lipinski definition) is 3. The largest absolute Gasteiger partial charge is 0.303 e. The van der Waals surface area contributed by atoms with Gasteiger partial charge in [-0.3, -0.25) is 10.7 Å². The normalized spacial score (nSPS) is 9.18. The molecule has 3 heteroatoms. The Labute approximate surface area is 64.6 Å². The van der Waals surface area contributed by atoms with E-state index in [1.807, 2.05) is 11.5 Å². The van der Waals surface area contributed by atoms with Crippen molar-refractivity contribution in [2.45, 2.75) is 6.42 Å². The predicted octanol–water partition coefficient (Wildman–Crippen LogP) is 1.23. The van der Waals surface area contributed by atoms with Gasteiger partial charge in [-0.15, -0.1) is 0 Å². The molecule has 0 bridgehead atoms. The molecule has 11 heavy (non-hydrogen) atoms. The van der Waals surface area contributed by atoms with Gasteiger partial charge in [0.1, 0.15) is 6.29 Å². The fourth-order valence-corrected chi connectivity index (χ4v) is 0.897. The minimum Gasteiger partial charge on any atom is -0.303 e. The molecule has 1 aromatic rings. The van der Waals surface area contributed by atoms with Crippen molar-refractivity contribution in [1.82, 2.24) is 0 Å². The Morgan fingerprint density at radius 2 is 2.18 bits per heavy atom. The van der Waals surface area contributed by atoms with Crippen LogP contribution in [0.25, 0.3) is 0 Å². The van der Waals surface area contributed by atoms with Crippen LogP contribution in [0.15, 0.2) is 24.3 Å². The van der Waals surface area contributed by atoms with Crippen molar-refractivity contribution < 1.29 is 10.0 Å². The average Bonchev–Trinajstić information content (AvgIpc) is 2.06. The lowest BCUT2D eigenvalue weighted by Gasteiger charge is -2.02. The van der Waals surface area contributed by atoms with Crippen molar-refractivity contribution in [1.29, 1.82) is 0 Å². The Morgan fingerprint density at radius 1 is 1.45 bits per heavy atom. The quantitative estimate of drug-likeness (QED) is 0.504. The molecule has 2 N–H and O–H groups in total. The van der Waals surface area contributed by atoms with E-state index in [-0.39, 0.29) is 0 Å². The van der Waals surface area contributed by atoms with Crippen LogP contribution in [0, 0.1) is 0 Å². The molecule has 1 rings (SSSR count). The molecule has 0 atom stereocenters. The minimum atomic E-state index is 0.323. The molecule has 0 aliphatic rings. The van der Waals surface area contributed by atoms with E-state index in [0.717, 1.165) is 11.8 Å². The molecule has 0 radical (unpaired) electrons. The third-order valence-electron chi connectivity index (χ3n) is 1.44. The zero-order chi connectivity index (χ0) is 8.10. The highest BCUT2D eigenvalue weighted by Gasteiger charge is 1.97. The zero-order valence-electron chi connectivity index (χ0n) is 5.95. The number of rotatable bonds is 3. The first-order valence-corrected chi connectivity index (χ1v) is 3.30. The first-order valence-electron chi connectivity index (χ1n) is 3.30. The van der Waals surface area contributed by atoms with Gasteiger partial charge in [0, 0.05) is 6.42 Å². The maximum Gasteiger partial charge on any atom is 0.124 e. The van der Waals surface area contributed by atoms with Crippen LogP contribution in [0.5, 0.6) is 0 Å². The third-order valence-corrected chi connectivity index (χ3v) is 1.44. The highest BCUT2D eigenvalue weighted by atomic mass is 16.5. The van der Waals surface area contributed by atoms with Gasteiger partial charge in [-0.25, -0.2) is 0 Å². The summed E-state index contributed by atoms with van der Waals surface area (Å²) in [5.41, 5.74) is 3.40. The summed E-state index contributed by atoms with van der Waals surface area (Å²) >= 11 is 0. The van der Waals surface area contributed by atoms with Crippen molar-refractivity contribution in [2.75, 3.05) is 5.48 Å². The number of para-hydroxylation sites is 1. The summed E-state index contributed by atoms with van der Waals surface area (Å²) in [6.07, 6.45) is 1.12. The van der Waals surface area contributed by atoms with Crippen LogP contribution >= 0.6 is 0 Å². The van der Waals surface area contributed by atoms with Gasteiger partial charge < -0.3 is 4.79 Å². The van der Waals surface area contributed by atoms with E-state index in [1.165, 1.54) is 0 Å². The average molecular weight is 151 g/mol. The fourth-order valence-electron chi connectivity index (χ4n) is 0.897. The Morgan fingerprint density at radius 3 is 2.82 bits per heavy atom. The highest BCUT2D eigenvalue weighted by molar-refractivity contribution is 5.61. The monoisotopic (exact) mass is 151 g/mol. The topological polar surface area (TPSA) is 49.3 Å². The molecule has 0 unspecified atom stereocenters. The van der Waals surface area contributed by atoms with Gasteiger partial charge in [0.15, 0.2) is 0 Å². The molecular weight excluding hydrogens is 142 g/mol. The second-order valence-corrected chi connectivity index (χ2v) is 2.14. The van der Waals surface area contributed by atoms with Crippen LogP contribution in [0.2, 0.25) is 0 Å². The second-order valence-electron chi connectivity index (χ2n) is 2.14. The van der Waals surface area contributed by atoms with Gasteiger partial charge in [0.05, 0.1) is 5.69 Å². The number of hydrogen-bond donors (Lipinski definition) is 2. The number of carbonyl (C=O) groups is 1. The summed E-state index contributed by atoms with van der Waals surface area (Å²) in [6.45, 7) is 0. The smallest absolute Gasteiger partial charge is 0.124 e. The molecule has 0 aliphatic carbocycles. The molecule has 0 fully saturated rings. The van der Waals surface area contributed by atoms with Crippen LogP contribution in [-0.2, 0) is 11.2 Å². The van der Waals surface area contributed by atoms with Gasteiger partial charge in [0.2, 0.25) is 0 Å². The summed E-state index contributed by atoms with van der Waals surface area (Å²) in [7, 11) is 0. The van der Waals surface area contributed by atoms with Gasteiger partial charge in [-0.05, 0) is 11.6 Å². The summed E-state index contributed by atoms with van der Waals surface area (Å²) in [5.74, 6) is 0. The van der Waals surface area contributed by atoms with E-state index < -0.39 is 0 Å². The Bertz CT molecular complexity index is 248. The minimum absolute atomic E-state index is 0.323. The van der Waals surface area contributed by atoms with E-state index in [4.69, 9.17) is 5.21 Å². The van der Waals surface area contributed by atoms with Gasteiger partial charge in [-0.2, -0.15) is 0 Å². The van der Waals surface area contributed by atoms with E-state index in [9.17, 15) is 4.79 Å². The first-order chi connectivity index (χ1) is 5.38. The molecule has 0 aliphatic heterocycles. The number of nitrogens with one attached hydrogen (secondary N) is 1. The Hall–Kier alpha value is -1.35. The number of carbonyl (C=O) groups excluding carboxylic acids is 1. The van der Waals surface area contributed by atoms with Crippen molar-refractivity contribution in [3.05, 3.63) is 29.8 Å². The fraction of sp³-hybridized carbons (Fsp3) is 0.125. The molecule has 1 aromatic carbocycles. The molecule has 0 aromatic heterocycles. The third kappa shape index (κ3) is 1.78. The maximum atomic E-state index is 10.1. The van der Waals surface area contributed by atoms with Crippen LogP contribution < -0.4 is 5.48 Å². The molecule has 0 saturated heterocycles. The standard InChI is InChI=1S/C8H9NO2/c10-6-5-7-3-1-2-4-8(7)9-11/h1-4,6,9,11H,5H2. The lowest BCUT2D eigenvalue weighted by atomic mass is 10.1. The molecule has 0 heterocycles. The van der Waals surface area contributed by atoms with Gasteiger partial charge in [-0.1, -0.05) is 18.2 Å². The first kappa shape index (κ1) is 7.75. The van der Waals surface area contributed by atoms with Crippen molar-refractivity contribution in [3.63, 3.8) is 0 Å². The van der Waals surface area contributed by atoms with E-state index >= 15 is 0 Å². The summed E-state index contributed by atoms with van der Waals surface area (Å²) in [5, 5.41) is 8.58. The van der Waals surface area contributed by atoms with E-state index in [2.05, 4.69) is 0 Å². The van der Waals surface area contributed by atoms with E-state index in [1.54, 1.807) is 18.2 Å². The van der Waals surface area contributed by atoms with Crippen LogP contribution in [0.4, 0.5) is 5.69 Å². The zero-order valence-corrected chi connectivity index (χ0v) is 5.95. The SMILES string of the molecule is O=CCc1ccccc1NO. The molecular formula is C8H9NO2. The number of anilines is 1. The van der Waals surface area contributed by atoms with Crippen molar-refractivity contribution in [3.8, 4) is 0 Å². The van der Waals surface area contributed by atoms with Gasteiger partial charge in [0.25, 0.3) is 0 Å². The second kappa shape index (κ2) is 3.73. The molecule has 0 saturated carbocycles. The number of aldehydes is 1. The van der Waals surface area contributed by atoms with Crippen molar-refractivity contribution in [2.24, 2.45) is 0 Å². The summed E-state index contributed by atoms with van der Waals surface area (Å²) in [4.78, 5) is 10.1. The van der Waals surface area contributed by atoms with Gasteiger partial charge >= 0.3 is 0 Å². The summed E-state index contributed by atoms with van der Waals surface area (Å²) in [6, 6.07) is 7.10. The molecule has 3 nitrogen and oxygen atoms in total. The van der Waals surface area contributed by atoms with Crippen molar-refractivity contribution >= 4 is 12.0 Å². The molecule has 58 valence electrons.